The first-order chi connectivity index (χ1) is 17.5. The first kappa shape index (κ1) is 29.3. The zero-order chi connectivity index (χ0) is 27.2. The quantitative estimate of drug-likeness (QED) is 0.428. The van der Waals surface area contributed by atoms with Gasteiger partial charge in [-0.25, -0.2) is 8.42 Å². The number of nitrogens with one attached hydrogen (secondary N) is 1. The molecule has 202 valence electrons. The molecule has 1 atom stereocenters. The number of amides is 2. The fourth-order valence-corrected chi connectivity index (χ4v) is 5.88. The Balaban J connectivity index is 1.91. The molecular formula is C27H35Cl2N3O4S. The molecule has 1 N–H and O–H groups in total. The van der Waals surface area contributed by atoms with Crippen LogP contribution in [0.2, 0.25) is 10.0 Å². The van der Waals surface area contributed by atoms with E-state index in [1.807, 2.05) is 19.1 Å². The van der Waals surface area contributed by atoms with Gasteiger partial charge in [0.25, 0.3) is 0 Å². The first-order valence-electron chi connectivity index (χ1n) is 12.6. The van der Waals surface area contributed by atoms with Crippen LogP contribution < -0.4 is 9.62 Å². The van der Waals surface area contributed by atoms with E-state index in [1.54, 1.807) is 37.3 Å². The number of rotatable bonds is 10. The van der Waals surface area contributed by atoms with Crippen LogP contribution in [0.1, 0.15) is 57.1 Å². The summed E-state index contributed by atoms with van der Waals surface area (Å²) in [4.78, 5) is 28.3. The van der Waals surface area contributed by atoms with E-state index in [4.69, 9.17) is 23.2 Å². The molecule has 0 aromatic heterocycles. The Morgan fingerprint density at radius 3 is 2.16 bits per heavy atom. The number of benzene rings is 2. The third kappa shape index (κ3) is 7.85. The van der Waals surface area contributed by atoms with Crippen molar-refractivity contribution in [3.63, 3.8) is 0 Å². The lowest BCUT2D eigenvalue weighted by molar-refractivity contribution is -0.139. The van der Waals surface area contributed by atoms with Gasteiger partial charge >= 0.3 is 0 Å². The van der Waals surface area contributed by atoms with Gasteiger partial charge in [0.2, 0.25) is 21.8 Å². The Morgan fingerprint density at radius 2 is 1.62 bits per heavy atom. The number of nitrogens with zero attached hydrogens (tertiary/aromatic N) is 2. The Hall–Kier alpha value is -2.29. The van der Waals surface area contributed by atoms with Crippen LogP contribution in [-0.4, -0.2) is 50.0 Å². The van der Waals surface area contributed by atoms with Gasteiger partial charge in [0.05, 0.1) is 11.9 Å². The molecule has 2 aromatic rings. The van der Waals surface area contributed by atoms with Crippen molar-refractivity contribution < 1.29 is 18.0 Å². The third-order valence-corrected chi connectivity index (χ3v) is 8.67. The molecule has 2 aromatic carbocycles. The molecule has 2 amide bonds. The maximum Gasteiger partial charge on any atom is 0.244 e. The summed E-state index contributed by atoms with van der Waals surface area (Å²) in [5, 5.41) is 3.79. The molecule has 0 spiro atoms. The summed E-state index contributed by atoms with van der Waals surface area (Å²) in [6, 6.07) is 11.2. The molecule has 0 saturated heterocycles. The van der Waals surface area contributed by atoms with Crippen LogP contribution in [0, 0.1) is 0 Å². The Labute approximate surface area is 230 Å². The number of anilines is 1. The molecule has 1 aliphatic rings. The fraction of sp³-hybridized carbons (Fsp3) is 0.481. The molecule has 1 unspecified atom stereocenters. The van der Waals surface area contributed by atoms with E-state index in [0.717, 1.165) is 54.6 Å². The van der Waals surface area contributed by atoms with Crippen LogP contribution in [0.4, 0.5) is 5.69 Å². The van der Waals surface area contributed by atoms with Gasteiger partial charge in [0.15, 0.2) is 0 Å². The van der Waals surface area contributed by atoms with Crippen LogP contribution >= 0.6 is 23.2 Å². The monoisotopic (exact) mass is 567 g/mol. The lowest BCUT2D eigenvalue weighted by Crippen LogP contribution is -2.53. The number of hydrogen-bond acceptors (Lipinski definition) is 4. The highest BCUT2D eigenvalue weighted by atomic mass is 35.5. The zero-order valence-electron chi connectivity index (χ0n) is 21.5. The molecule has 0 heterocycles. The van der Waals surface area contributed by atoms with E-state index in [0.29, 0.717) is 21.3 Å². The van der Waals surface area contributed by atoms with E-state index >= 15 is 0 Å². The first-order valence-corrected chi connectivity index (χ1v) is 15.2. The molecular weight excluding hydrogens is 533 g/mol. The molecule has 10 heteroatoms. The molecule has 0 bridgehead atoms. The smallest absolute Gasteiger partial charge is 0.244 e. The topological polar surface area (TPSA) is 86.8 Å². The highest BCUT2D eigenvalue weighted by Gasteiger charge is 2.32. The van der Waals surface area contributed by atoms with Gasteiger partial charge in [-0.1, -0.05) is 67.6 Å². The molecule has 7 nitrogen and oxygen atoms in total. The van der Waals surface area contributed by atoms with E-state index in [1.165, 1.54) is 4.90 Å². The summed E-state index contributed by atoms with van der Waals surface area (Å²) >= 11 is 12.8. The highest BCUT2D eigenvalue weighted by Crippen LogP contribution is 2.27. The summed E-state index contributed by atoms with van der Waals surface area (Å²) in [6.07, 6.45) is 6.92. The second kappa shape index (κ2) is 13.0. The minimum absolute atomic E-state index is 0.0387. The lowest BCUT2D eigenvalue weighted by Gasteiger charge is -2.33. The zero-order valence-corrected chi connectivity index (χ0v) is 23.9. The van der Waals surface area contributed by atoms with E-state index in [9.17, 15) is 18.0 Å². The largest absolute Gasteiger partial charge is 0.352 e. The van der Waals surface area contributed by atoms with Gasteiger partial charge < -0.3 is 10.2 Å². The Bertz CT molecular complexity index is 1180. The van der Waals surface area contributed by atoms with Gasteiger partial charge in [0.1, 0.15) is 12.6 Å². The van der Waals surface area contributed by atoms with Gasteiger partial charge in [-0.2, -0.15) is 0 Å². The van der Waals surface area contributed by atoms with Crippen molar-refractivity contribution in [1.29, 1.82) is 0 Å². The van der Waals surface area contributed by atoms with Gasteiger partial charge in [-0.05, 0) is 56.0 Å². The van der Waals surface area contributed by atoms with Crippen LogP contribution in [0.5, 0.6) is 0 Å². The molecule has 1 saturated carbocycles. The Kier molecular flexibility index (Phi) is 10.3. The van der Waals surface area contributed by atoms with Crippen molar-refractivity contribution >= 4 is 50.7 Å². The summed E-state index contributed by atoms with van der Waals surface area (Å²) < 4.78 is 26.5. The lowest BCUT2D eigenvalue weighted by atomic mass is 9.95. The molecule has 1 aliphatic carbocycles. The second-order valence-electron chi connectivity index (χ2n) is 9.53. The number of carbonyl (C=O) groups is 2. The number of aryl methyl sites for hydroxylation is 1. The molecule has 3 rings (SSSR count). The number of halogens is 2. The van der Waals surface area contributed by atoms with Crippen molar-refractivity contribution in [3.05, 3.63) is 63.6 Å². The van der Waals surface area contributed by atoms with Crippen molar-refractivity contribution in [2.24, 2.45) is 0 Å². The molecule has 0 radical (unpaired) electrons. The van der Waals surface area contributed by atoms with Crippen molar-refractivity contribution in [1.82, 2.24) is 10.2 Å². The normalized spacial score (nSPS) is 15.2. The van der Waals surface area contributed by atoms with E-state index in [-0.39, 0.29) is 18.5 Å². The summed E-state index contributed by atoms with van der Waals surface area (Å²) in [5.74, 6) is -0.825. The van der Waals surface area contributed by atoms with Crippen LogP contribution in [0.3, 0.4) is 0 Å². The van der Waals surface area contributed by atoms with Crippen molar-refractivity contribution in [3.8, 4) is 0 Å². The van der Waals surface area contributed by atoms with Crippen molar-refractivity contribution in [2.75, 3.05) is 17.1 Å². The molecule has 37 heavy (non-hydrogen) atoms. The fourth-order valence-electron chi connectivity index (χ4n) is 4.52. The summed E-state index contributed by atoms with van der Waals surface area (Å²) in [7, 11) is -3.79. The predicted octanol–water partition coefficient (Wildman–Crippen LogP) is 5.19. The Morgan fingerprint density at radius 1 is 1.03 bits per heavy atom. The van der Waals surface area contributed by atoms with Crippen LogP contribution in [-0.2, 0) is 32.6 Å². The number of carbonyl (C=O) groups excluding carboxylic acids is 2. The second-order valence-corrected chi connectivity index (χ2v) is 12.3. The summed E-state index contributed by atoms with van der Waals surface area (Å²) in [6.45, 7) is 3.14. The van der Waals surface area contributed by atoms with Crippen molar-refractivity contribution in [2.45, 2.75) is 71.0 Å². The minimum Gasteiger partial charge on any atom is -0.352 e. The van der Waals surface area contributed by atoms with Crippen LogP contribution in [0.15, 0.2) is 42.5 Å². The maximum absolute atomic E-state index is 13.7. The maximum atomic E-state index is 13.7. The number of hydrogen-bond donors (Lipinski definition) is 1. The van der Waals surface area contributed by atoms with Gasteiger partial charge in [0, 0.05) is 28.2 Å². The van der Waals surface area contributed by atoms with Crippen LogP contribution in [0.25, 0.3) is 0 Å². The molecule has 1 fully saturated rings. The van der Waals surface area contributed by atoms with Gasteiger partial charge in [-0.3, -0.25) is 13.9 Å². The minimum atomic E-state index is -3.79. The molecule has 0 aliphatic heterocycles. The SMILES string of the molecule is CCc1ccc(N(CC(=O)N(Cc2c(Cl)cccc2Cl)C(C)C(=O)NC2CCCCC2)S(C)(=O)=O)cc1. The third-order valence-electron chi connectivity index (χ3n) is 6.82. The highest BCUT2D eigenvalue weighted by molar-refractivity contribution is 7.92. The van der Waals surface area contributed by atoms with Gasteiger partial charge in [-0.15, -0.1) is 0 Å². The average molecular weight is 569 g/mol. The summed E-state index contributed by atoms with van der Waals surface area (Å²) in [5.41, 5.74) is 1.92. The van der Waals surface area contributed by atoms with E-state index in [2.05, 4.69) is 5.32 Å². The number of sulfonamides is 1. The standard InChI is InChI=1S/C27H35Cl2N3O4S/c1-4-20-13-15-22(16-14-20)32(37(3,35)36)18-26(33)31(17-23-24(28)11-8-12-25(23)29)19(2)27(34)30-21-9-6-5-7-10-21/h8,11-16,19,21H,4-7,9-10,17-18H2,1-3H3,(H,30,34). The van der Waals surface area contributed by atoms with E-state index < -0.39 is 28.5 Å². The average Bonchev–Trinajstić information content (AvgIpc) is 2.86. The predicted molar refractivity (Wildman–Crippen MR) is 149 cm³/mol.